The van der Waals surface area contributed by atoms with Crippen LogP contribution in [0.4, 0.5) is 4.39 Å². The number of nitrogens with zero attached hydrogens (tertiary/aromatic N) is 1. The molecule has 1 atom stereocenters. The summed E-state index contributed by atoms with van der Waals surface area (Å²) in [4.78, 5) is 14.4. The van der Waals surface area contributed by atoms with Crippen LogP contribution < -0.4 is 0 Å². The van der Waals surface area contributed by atoms with Gasteiger partial charge in [0.15, 0.2) is 0 Å². The Kier molecular flexibility index (Phi) is 5.60. The first-order valence-corrected chi connectivity index (χ1v) is 9.44. The molecule has 0 radical (unpaired) electrons. The van der Waals surface area contributed by atoms with Crippen molar-refractivity contribution in [2.45, 2.75) is 11.8 Å². The van der Waals surface area contributed by atoms with Gasteiger partial charge in [-0.15, -0.1) is 11.8 Å². The molecular formula is C17H13Cl3FNOS. The molecule has 0 aliphatic carbocycles. The minimum absolute atomic E-state index is 0.0756. The van der Waals surface area contributed by atoms with Gasteiger partial charge in [0.25, 0.3) is 0 Å². The molecule has 7 heteroatoms. The highest BCUT2D eigenvalue weighted by molar-refractivity contribution is 7.99. The lowest BCUT2D eigenvalue weighted by Gasteiger charge is -2.25. The lowest BCUT2D eigenvalue weighted by molar-refractivity contribution is -0.130. The van der Waals surface area contributed by atoms with Crippen LogP contribution in [0.25, 0.3) is 0 Å². The van der Waals surface area contributed by atoms with Crippen molar-refractivity contribution in [3.8, 4) is 0 Å². The number of carbonyl (C=O) groups is 1. The summed E-state index contributed by atoms with van der Waals surface area (Å²) in [5.74, 6) is 0.146. The van der Waals surface area contributed by atoms with Crippen molar-refractivity contribution in [1.29, 1.82) is 0 Å². The van der Waals surface area contributed by atoms with E-state index in [1.807, 2.05) is 6.07 Å². The van der Waals surface area contributed by atoms with E-state index >= 15 is 0 Å². The van der Waals surface area contributed by atoms with Gasteiger partial charge >= 0.3 is 0 Å². The second-order valence-electron chi connectivity index (χ2n) is 5.35. The van der Waals surface area contributed by atoms with Crippen LogP contribution in [0.5, 0.6) is 0 Å². The van der Waals surface area contributed by atoms with Crippen molar-refractivity contribution in [3.05, 3.63) is 68.4 Å². The van der Waals surface area contributed by atoms with Gasteiger partial charge in [-0.2, -0.15) is 0 Å². The first-order chi connectivity index (χ1) is 11.5. The minimum atomic E-state index is -0.469. The predicted molar refractivity (Wildman–Crippen MR) is 98.5 cm³/mol. The maximum Gasteiger partial charge on any atom is 0.228 e. The zero-order chi connectivity index (χ0) is 17.3. The molecule has 2 nitrogen and oxygen atoms in total. The first-order valence-electron chi connectivity index (χ1n) is 7.26. The van der Waals surface area contributed by atoms with Crippen molar-refractivity contribution in [2.24, 2.45) is 0 Å². The summed E-state index contributed by atoms with van der Waals surface area (Å²) in [6, 6.07) is 9.64. The van der Waals surface area contributed by atoms with E-state index in [0.717, 1.165) is 11.3 Å². The van der Waals surface area contributed by atoms with Crippen LogP contribution in [0, 0.1) is 5.82 Å². The fourth-order valence-corrected chi connectivity index (χ4v) is 4.76. The summed E-state index contributed by atoms with van der Waals surface area (Å²) in [5.41, 5.74) is 1.05. The van der Waals surface area contributed by atoms with E-state index in [9.17, 15) is 9.18 Å². The Bertz CT molecular complexity index is 766. The molecular weight excluding hydrogens is 392 g/mol. The minimum Gasteiger partial charge on any atom is -0.325 e. The molecule has 0 N–H and O–H groups in total. The summed E-state index contributed by atoms with van der Waals surface area (Å²) in [5, 5.41) is 1.12. The van der Waals surface area contributed by atoms with Crippen molar-refractivity contribution < 1.29 is 9.18 Å². The summed E-state index contributed by atoms with van der Waals surface area (Å²) in [7, 11) is 0. The Morgan fingerprint density at radius 2 is 2.00 bits per heavy atom. The maximum atomic E-state index is 13.9. The number of benzene rings is 2. The number of hydrogen-bond acceptors (Lipinski definition) is 2. The quantitative estimate of drug-likeness (QED) is 0.663. The molecule has 1 heterocycles. The average molecular weight is 405 g/mol. The highest BCUT2D eigenvalue weighted by Gasteiger charge is 2.32. The van der Waals surface area contributed by atoms with Gasteiger partial charge in [0.05, 0.1) is 6.42 Å². The van der Waals surface area contributed by atoms with Crippen LogP contribution in [0.1, 0.15) is 16.5 Å². The molecule has 126 valence electrons. The van der Waals surface area contributed by atoms with Crippen molar-refractivity contribution in [3.63, 3.8) is 0 Å². The lowest BCUT2D eigenvalue weighted by atomic mass is 10.1. The maximum absolute atomic E-state index is 13.9. The van der Waals surface area contributed by atoms with Gasteiger partial charge < -0.3 is 4.90 Å². The van der Waals surface area contributed by atoms with Crippen molar-refractivity contribution in [2.75, 3.05) is 12.3 Å². The number of hydrogen-bond donors (Lipinski definition) is 0. The van der Waals surface area contributed by atoms with Gasteiger partial charge in [-0.05, 0) is 24.3 Å². The molecule has 3 rings (SSSR count). The van der Waals surface area contributed by atoms with Crippen LogP contribution in [0.2, 0.25) is 15.1 Å². The fourth-order valence-electron chi connectivity index (χ4n) is 2.64. The van der Waals surface area contributed by atoms with E-state index in [1.54, 1.807) is 34.9 Å². The summed E-state index contributed by atoms with van der Waals surface area (Å²) >= 11 is 19.9. The van der Waals surface area contributed by atoms with Crippen LogP contribution in [0.15, 0.2) is 36.4 Å². The zero-order valence-electron chi connectivity index (χ0n) is 12.4. The molecule has 0 saturated carbocycles. The van der Waals surface area contributed by atoms with E-state index in [1.165, 1.54) is 12.1 Å². The SMILES string of the molecule is O=C(Cc1c(F)cccc1Cl)N1CCSC1c1ccc(Cl)cc1Cl. The van der Waals surface area contributed by atoms with Crippen molar-refractivity contribution >= 4 is 52.5 Å². The molecule has 2 aromatic rings. The summed E-state index contributed by atoms with van der Waals surface area (Å²) in [6.45, 7) is 0.583. The molecule has 24 heavy (non-hydrogen) atoms. The molecule has 0 bridgehead atoms. The molecule has 1 aliphatic heterocycles. The predicted octanol–water partition coefficient (Wildman–Crippen LogP) is 5.60. The second-order valence-corrected chi connectivity index (χ2v) is 7.79. The monoisotopic (exact) mass is 403 g/mol. The Balaban J connectivity index is 1.84. The van der Waals surface area contributed by atoms with Crippen LogP contribution in [0.3, 0.4) is 0 Å². The normalized spacial score (nSPS) is 17.3. The third-order valence-corrected chi connectivity index (χ3v) is 5.99. The van der Waals surface area contributed by atoms with Gasteiger partial charge in [0.2, 0.25) is 5.91 Å². The highest BCUT2D eigenvalue weighted by atomic mass is 35.5. The van der Waals surface area contributed by atoms with E-state index < -0.39 is 5.82 Å². The Hall–Kier alpha value is -0.940. The highest BCUT2D eigenvalue weighted by Crippen LogP contribution is 2.42. The fraction of sp³-hybridized carbons (Fsp3) is 0.235. The molecule has 0 spiro atoms. The Morgan fingerprint density at radius 3 is 2.71 bits per heavy atom. The van der Waals surface area contributed by atoms with Crippen LogP contribution >= 0.6 is 46.6 Å². The molecule has 1 unspecified atom stereocenters. The van der Waals surface area contributed by atoms with Gasteiger partial charge in [-0.25, -0.2) is 4.39 Å². The first kappa shape index (κ1) is 17.9. The number of halogens is 4. The van der Waals surface area contributed by atoms with Gasteiger partial charge in [-0.3, -0.25) is 4.79 Å². The molecule has 0 aromatic heterocycles. The third kappa shape index (κ3) is 3.67. The standard InChI is InChI=1S/C17H13Cl3FNOS/c18-10-4-5-11(14(20)8-10)17-22(6-7-24-17)16(23)9-12-13(19)2-1-3-15(12)21/h1-5,8,17H,6-7,9H2. The topological polar surface area (TPSA) is 20.3 Å². The Morgan fingerprint density at radius 1 is 1.21 bits per heavy atom. The molecule has 1 amide bonds. The van der Waals surface area contributed by atoms with E-state index in [-0.39, 0.29) is 28.3 Å². The number of rotatable bonds is 3. The van der Waals surface area contributed by atoms with E-state index in [0.29, 0.717) is 16.6 Å². The van der Waals surface area contributed by atoms with Gasteiger partial charge in [-0.1, -0.05) is 46.9 Å². The molecule has 1 fully saturated rings. The van der Waals surface area contributed by atoms with Crippen LogP contribution in [-0.2, 0) is 11.2 Å². The lowest BCUT2D eigenvalue weighted by Crippen LogP contribution is -2.32. The number of thioether (sulfide) groups is 1. The zero-order valence-corrected chi connectivity index (χ0v) is 15.5. The van der Waals surface area contributed by atoms with Gasteiger partial charge in [0, 0.05) is 38.5 Å². The summed E-state index contributed by atoms with van der Waals surface area (Å²) in [6.07, 6.45) is -0.0756. The Labute approximate surface area is 158 Å². The van der Waals surface area contributed by atoms with Gasteiger partial charge in [0.1, 0.15) is 11.2 Å². The smallest absolute Gasteiger partial charge is 0.228 e. The molecule has 2 aromatic carbocycles. The van der Waals surface area contributed by atoms with E-state index in [4.69, 9.17) is 34.8 Å². The molecule has 1 saturated heterocycles. The number of carbonyl (C=O) groups excluding carboxylic acids is 1. The molecule has 1 aliphatic rings. The van der Waals surface area contributed by atoms with Crippen LogP contribution in [-0.4, -0.2) is 23.1 Å². The largest absolute Gasteiger partial charge is 0.325 e. The number of amides is 1. The summed E-state index contributed by atoms with van der Waals surface area (Å²) < 4.78 is 13.9. The second kappa shape index (κ2) is 7.52. The average Bonchev–Trinajstić information content (AvgIpc) is 3.00. The van der Waals surface area contributed by atoms with Crippen molar-refractivity contribution in [1.82, 2.24) is 4.90 Å². The van der Waals surface area contributed by atoms with E-state index in [2.05, 4.69) is 0 Å². The third-order valence-electron chi connectivity index (χ3n) is 3.83.